The van der Waals surface area contributed by atoms with Crippen LogP contribution in [0.15, 0.2) is 9.52 Å². The molecule has 0 aromatic carbocycles. The van der Waals surface area contributed by atoms with Gasteiger partial charge in [0.2, 0.25) is 5.89 Å². The second kappa shape index (κ2) is 9.30. The van der Waals surface area contributed by atoms with E-state index in [9.17, 15) is 0 Å². The quantitative estimate of drug-likeness (QED) is 0.422. The van der Waals surface area contributed by atoms with E-state index in [4.69, 9.17) is 9.26 Å². The normalized spacial score (nSPS) is 11.9. The largest absolute Gasteiger partial charge is 0.381 e. The van der Waals surface area contributed by atoms with Crippen LogP contribution in [0.4, 0.5) is 0 Å². The van der Waals surface area contributed by atoms with Crippen molar-refractivity contribution < 1.29 is 9.26 Å². The van der Waals surface area contributed by atoms with E-state index in [0.717, 1.165) is 32.1 Å². The molecule has 0 aliphatic heterocycles. The molecule has 7 heteroatoms. The number of aliphatic imine (C=N–C) groups is 1. The second-order valence-electron chi connectivity index (χ2n) is 4.90. The molecule has 0 saturated heterocycles. The summed E-state index contributed by atoms with van der Waals surface area (Å²) < 4.78 is 10.4. The van der Waals surface area contributed by atoms with Crippen LogP contribution in [0, 0.1) is 12.8 Å². The number of rotatable bonds is 8. The van der Waals surface area contributed by atoms with Gasteiger partial charge in [0.1, 0.15) is 0 Å². The summed E-state index contributed by atoms with van der Waals surface area (Å²) in [5.41, 5.74) is 0. The molecule has 0 saturated carbocycles. The number of aromatic nitrogens is 2. The van der Waals surface area contributed by atoms with E-state index in [0.29, 0.717) is 24.2 Å². The maximum atomic E-state index is 5.51. The van der Waals surface area contributed by atoms with E-state index >= 15 is 0 Å². The lowest BCUT2D eigenvalue weighted by atomic mass is 10.2. The SMILES string of the molecule is CN=C(NCCCOCC(C)C)NCc1noc(C)n1. The Morgan fingerprint density at radius 2 is 2.20 bits per heavy atom. The zero-order chi connectivity index (χ0) is 14.8. The van der Waals surface area contributed by atoms with Gasteiger partial charge in [-0.25, -0.2) is 0 Å². The molecule has 0 amide bonds. The van der Waals surface area contributed by atoms with Gasteiger partial charge in [0, 0.05) is 33.7 Å². The van der Waals surface area contributed by atoms with Gasteiger partial charge in [-0.3, -0.25) is 4.99 Å². The van der Waals surface area contributed by atoms with Crippen LogP contribution in [0.1, 0.15) is 32.0 Å². The highest BCUT2D eigenvalue weighted by atomic mass is 16.5. The molecular weight excluding hydrogens is 258 g/mol. The molecule has 0 bridgehead atoms. The van der Waals surface area contributed by atoms with Crippen molar-refractivity contribution in [2.45, 2.75) is 33.7 Å². The number of nitrogens with zero attached hydrogens (tertiary/aromatic N) is 3. The first-order chi connectivity index (χ1) is 9.61. The van der Waals surface area contributed by atoms with Gasteiger partial charge in [-0.2, -0.15) is 4.98 Å². The molecule has 0 fully saturated rings. The lowest BCUT2D eigenvalue weighted by molar-refractivity contribution is 0.108. The van der Waals surface area contributed by atoms with Gasteiger partial charge in [-0.05, 0) is 12.3 Å². The second-order valence-corrected chi connectivity index (χ2v) is 4.90. The smallest absolute Gasteiger partial charge is 0.223 e. The Morgan fingerprint density at radius 3 is 2.80 bits per heavy atom. The molecular formula is C13H25N5O2. The maximum Gasteiger partial charge on any atom is 0.223 e. The summed E-state index contributed by atoms with van der Waals surface area (Å²) in [7, 11) is 1.73. The standard InChI is InChI=1S/C13H25N5O2/c1-10(2)9-19-7-5-6-15-13(14-4)16-8-12-17-11(3)20-18-12/h10H,5-9H2,1-4H3,(H2,14,15,16). The number of hydrogen-bond donors (Lipinski definition) is 2. The lowest BCUT2D eigenvalue weighted by Crippen LogP contribution is -2.37. The molecule has 0 atom stereocenters. The van der Waals surface area contributed by atoms with E-state index in [2.05, 4.69) is 39.6 Å². The van der Waals surface area contributed by atoms with Gasteiger partial charge in [0.05, 0.1) is 6.54 Å². The monoisotopic (exact) mass is 283 g/mol. The molecule has 0 spiro atoms. The predicted octanol–water partition coefficient (Wildman–Crippen LogP) is 1.11. The molecule has 0 unspecified atom stereocenters. The molecule has 1 rings (SSSR count). The predicted molar refractivity (Wildman–Crippen MR) is 77.5 cm³/mol. The fourth-order valence-electron chi connectivity index (χ4n) is 1.50. The van der Waals surface area contributed by atoms with Gasteiger partial charge in [-0.15, -0.1) is 0 Å². The number of nitrogens with one attached hydrogen (secondary N) is 2. The Morgan fingerprint density at radius 1 is 1.40 bits per heavy atom. The van der Waals surface area contributed by atoms with E-state index in [1.807, 2.05) is 0 Å². The summed E-state index contributed by atoms with van der Waals surface area (Å²) >= 11 is 0. The van der Waals surface area contributed by atoms with Gasteiger partial charge in [0.15, 0.2) is 11.8 Å². The topological polar surface area (TPSA) is 84.6 Å². The Bertz CT molecular complexity index is 403. The summed E-state index contributed by atoms with van der Waals surface area (Å²) in [6, 6.07) is 0. The fourth-order valence-corrected chi connectivity index (χ4v) is 1.50. The fraction of sp³-hybridized carbons (Fsp3) is 0.769. The minimum atomic E-state index is 0.487. The van der Waals surface area contributed by atoms with Crippen molar-refractivity contribution >= 4 is 5.96 Å². The molecule has 0 aliphatic carbocycles. The molecule has 114 valence electrons. The Hall–Kier alpha value is -1.63. The number of ether oxygens (including phenoxy) is 1. The van der Waals surface area contributed by atoms with Crippen molar-refractivity contribution in [1.82, 2.24) is 20.8 Å². The number of guanidine groups is 1. The molecule has 1 aromatic heterocycles. The van der Waals surface area contributed by atoms with Gasteiger partial charge in [0.25, 0.3) is 0 Å². The maximum absolute atomic E-state index is 5.51. The minimum absolute atomic E-state index is 0.487. The third-order valence-corrected chi connectivity index (χ3v) is 2.42. The first-order valence-corrected chi connectivity index (χ1v) is 6.93. The summed E-state index contributed by atoms with van der Waals surface area (Å²) in [6.07, 6.45) is 0.939. The highest BCUT2D eigenvalue weighted by molar-refractivity contribution is 5.79. The summed E-state index contributed by atoms with van der Waals surface area (Å²) in [4.78, 5) is 8.23. The van der Waals surface area contributed by atoms with Crippen molar-refractivity contribution in [3.8, 4) is 0 Å². The van der Waals surface area contributed by atoms with Crippen molar-refractivity contribution in [2.75, 3.05) is 26.8 Å². The van der Waals surface area contributed by atoms with Crippen LogP contribution in [0.2, 0.25) is 0 Å². The highest BCUT2D eigenvalue weighted by Crippen LogP contribution is 1.94. The van der Waals surface area contributed by atoms with Gasteiger partial charge in [-0.1, -0.05) is 19.0 Å². The Labute approximate surface area is 120 Å². The molecule has 1 aromatic rings. The van der Waals surface area contributed by atoms with Gasteiger partial charge < -0.3 is 19.9 Å². The highest BCUT2D eigenvalue weighted by Gasteiger charge is 2.03. The molecule has 7 nitrogen and oxygen atoms in total. The lowest BCUT2D eigenvalue weighted by Gasteiger charge is -2.11. The molecule has 20 heavy (non-hydrogen) atoms. The van der Waals surface area contributed by atoms with Crippen molar-refractivity contribution in [3.63, 3.8) is 0 Å². The summed E-state index contributed by atoms with van der Waals surface area (Å²) in [6.45, 7) is 8.91. The molecule has 2 N–H and O–H groups in total. The van der Waals surface area contributed by atoms with Crippen LogP contribution >= 0.6 is 0 Å². The number of hydrogen-bond acceptors (Lipinski definition) is 5. The van der Waals surface area contributed by atoms with Crippen LogP contribution in [-0.4, -0.2) is 42.9 Å². The first kappa shape index (κ1) is 16.4. The average molecular weight is 283 g/mol. The van der Waals surface area contributed by atoms with Crippen molar-refractivity contribution in [2.24, 2.45) is 10.9 Å². The van der Waals surface area contributed by atoms with Crippen LogP contribution in [0.25, 0.3) is 0 Å². The van der Waals surface area contributed by atoms with Crippen molar-refractivity contribution in [3.05, 3.63) is 11.7 Å². The van der Waals surface area contributed by atoms with Gasteiger partial charge >= 0.3 is 0 Å². The van der Waals surface area contributed by atoms with E-state index in [1.165, 1.54) is 0 Å². The number of aryl methyl sites for hydroxylation is 1. The van der Waals surface area contributed by atoms with E-state index in [-0.39, 0.29) is 0 Å². The third-order valence-electron chi connectivity index (χ3n) is 2.42. The Balaban J connectivity index is 2.11. The average Bonchev–Trinajstić information content (AvgIpc) is 2.82. The molecule has 0 radical (unpaired) electrons. The summed E-state index contributed by atoms with van der Waals surface area (Å²) in [5.74, 6) is 2.48. The third kappa shape index (κ3) is 7.08. The zero-order valence-electron chi connectivity index (χ0n) is 12.8. The van der Waals surface area contributed by atoms with Crippen LogP contribution in [0.5, 0.6) is 0 Å². The summed E-state index contributed by atoms with van der Waals surface area (Å²) in [5, 5.41) is 10.1. The van der Waals surface area contributed by atoms with E-state index < -0.39 is 0 Å². The van der Waals surface area contributed by atoms with Crippen molar-refractivity contribution in [1.29, 1.82) is 0 Å². The van der Waals surface area contributed by atoms with Crippen LogP contribution in [-0.2, 0) is 11.3 Å². The Kier molecular flexibility index (Phi) is 7.64. The molecule has 0 aliphatic rings. The zero-order valence-corrected chi connectivity index (χ0v) is 12.8. The van der Waals surface area contributed by atoms with Crippen LogP contribution in [0.3, 0.4) is 0 Å². The minimum Gasteiger partial charge on any atom is -0.381 e. The molecule has 1 heterocycles. The first-order valence-electron chi connectivity index (χ1n) is 6.93. The van der Waals surface area contributed by atoms with E-state index in [1.54, 1.807) is 14.0 Å². The van der Waals surface area contributed by atoms with Crippen LogP contribution < -0.4 is 10.6 Å².